The van der Waals surface area contributed by atoms with E-state index in [1.165, 1.54) is 12.3 Å². The van der Waals surface area contributed by atoms with E-state index in [0.717, 1.165) is 12.1 Å². The molecule has 0 amide bonds. The fourth-order valence-electron chi connectivity index (χ4n) is 1.51. The van der Waals surface area contributed by atoms with Crippen molar-refractivity contribution in [3.63, 3.8) is 0 Å². The lowest BCUT2D eigenvalue weighted by Crippen LogP contribution is -2.08. The van der Waals surface area contributed by atoms with Gasteiger partial charge in [0.2, 0.25) is 0 Å². The normalized spacial score (nSPS) is 12.5. The van der Waals surface area contributed by atoms with Crippen LogP contribution >= 0.6 is 15.9 Å². The minimum atomic E-state index is -1.44. The van der Waals surface area contributed by atoms with Crippen molar-refractivity contribution in [2.24, 2.45) is 0 Å². The molecule has 0 saturated heterocycles. The van der Waals surface area contributed by atoms with Crippen LogP contribution in [0.15, 0.2) is 41.0 Å². The topological polar surface area (TPSA) is 33.1 Å². The number of hydrogen-bond acceptors (Lipinski definition) is 2. The molecule has 0 bridgehead atoms. The van der Waals surface area contributed by atoms with E-state index in [1.54, 1.807) is 12.1 Å². The van der Waals surface area contributed by atoms with Crippen molar-refractivity contribution in [2.45, 2.75) is 6.10 Å². The second kappa shape index (κ2) is 4.89. The first-order valence-electron chi connectivity index (χ1n) is 4.83. The molecule has 1 unspecified atom stereocenters. The smallest absolute Gasteiger partial charge is 0.132 e. The summed E-state index contributed by atoms with van der Waals surface area (Å²) in [6.45, 7) is 0. The molecule has 88 valence electrons. The van der Waals surface area contributed by atoms with Crippen LogP contribution in [0.2, 0.25) is 0 Å². The van der Waals surface area contributed by atoms with Gasteiger partial charge in [-0.1, -0.05) is 6.07 Å². The average Bonchev–Trinajstić information content (AvgIpc) is 2.29. The Bertz CT molecular complexity index is 528. The monoisotopic (exact) mass is 299 g/mol. The number of halogens is 3. The molecule has 1 N–H and O–H groups in total. The molecule has 17 heavy (non-hydrogen) atoms. The van der Waals surface area contributed by atoms with E-state index >= 15 is 0 Å². The van der Waals surface area contributed by atoms with E-state index in [-0.39, 0.29) is 5.69 Å². The average molecular weight is 300 g/mol. The van der Waals surface area contributed by atoms with Crippen molar-refractivity contribution in [3.05, 3.63) is 63.9 Å². The van der Waals surface area contributed by atoms with Crippen molar-refractivity contribution in [1.82, 2.24) is 4.98 Å². The van der Waals surface area contributed by atoms with Gasteiger partial charge in [-0.05, 0) is 40.2 Å². The van der Waals surface area contributed by atoms with Crippen LogP contribution in [0.1, 0.15) is 17.4 Å². The first-order chi connectivity index (χ1) is 8.11. The molecule has 0 saturated carbocycles. The van der Waals surface area contributed by atoms with Crippen LogP contribution < -0.4 is 0 Å². The summed E-state index contributed by atoms with van der Waals surface area (Å²) in [6.07, 6.45) is 0.00832. The van der Waals surface area contributed by atoms with Gasteiger partial charge in [0.1, 0.15) is 17.7 Å². The summed E-state index contributed by atoms with van der Waals surface area (Å²) < 4.78 is 27.4. The third-order valence-electron chi connectivity index (χ3n) is 2.32. The van der Waals surface area contributed by atoms with Crippen LogP contribution in [-0.4, -0.2) is 10.1 Å². The highest BCUT2D eigenvalue weighted by molar-refractivity contribution is 9.10. The van der Waals surface area contributed by atoms with Crippen LogP contribution in [0.3, 0.4) is 0 Å². The fraction of sp³-hybridized carbons (Fsp3) is 0.0833. The van der Waals surface area contributed by atoms with Crippen LogP contribution in [0.4, 0.5) is 8.78 Å². The van der Waals surface area contributed by atoms with Crippen molar-refractivity contribution in [3.8, 4) is 0 Å². The molecule has 0 radical (unpaired) electrons. The van der Waals surface area contributed by atoms with Crippen LogP contribution in [-0.2, 0) is 0 Å². The van der Waals surface area contributed by atoms with Gasteiger partial charge in [-0.25, -0.2) is 8.78 Å². The van der Waals surface area contributed by atoms with Crippen molar-refractivity contribution < 1.29 is 13.9 Å². The molecule has 0 aliphatic heterocycles. The molecular weight excluding hydrogens is 292 g/mol. The lowest BCUT2D eigenvalue weighted by atomic mass is 10.0. The first-order valence-corrected chi connectivity index (χ1v) is 5.63. The summed E-state index contributed by atoms with van der Waals surface area (Å²) in [5.74, 6) is -1.59. The van der Waals surface area contributed by atoms with Crippen molar-refractivity contribution in [1.29, 1.82) is 0 Å². The number of aromatic nitrogens is 1. The second-order valence-electron chi connectivity index (χ2n) is 3.41. The van der Waals surface area contributed by atoms with E-state index in [0.29, 0.717) is 4.47 Å². The molecule has 0 fully saturated rings. The summed E-state index contributed by atoms with van der Waals surface area (Å²) in [4.78, 5) is 3.91. The van der Waals surface area contributed by atoms with E-state index in [4.69, 9.17) is 0 Å². The van der Waals surface area contributed by atoms with Gasteiger partial charge < -0.3 is 5.11 Å². The zero-order valence-electron chi connectivity index (χ0n) is 8.57. The molecule has 5 heteroatoms. The van der Waals surface area contributed by atoms with Gasteiger partial charge in [-0.2, -0.15) is 0 Å². The highest BCUT2D eigenvalue weighted by Gasteiger charge is 2.22. The molecule has 2 nitrogen and oxygen atoms in total. The molecule has 1 aromatic carbocycles. The summed E-state index contributed by atoms with van der Waals surface area (Å²) in [7, 11) is 0. The Balaban J connectivity index is 2.51. The van der Waals surface area contributed by atoms with E-state index in [1.807, 2.05) is 0 Å². The number of aliphatic hydroxyl groups excluding tert-OH is 1. The molecule has 0 aliphatic rings. The molecule has 0 aliphatic carbocycles. The predicted molar refractivity (Wildman–Crippen MR) is 62.4 cm³/mol. The third kappa shape index (κ3) is 2.35. The Labute approximate surface area is 105 Å². The highest BCUT2D eigenvalue weighted by atomic mass is 79.9. The maximum atomic E-state index is 13.5. The summed E-state index contributed by atoms with van der Waals surface area (Å²) in [5.41, 5.74) is -0.219. The molecular formula is C12H8BrF2NO. The maximum absolute atomic E-state index is 13.5. The number of aliphatic hydroxyl groups is 1. The molecule has 0 spiro atoms. The highest BCUT2D eigenvalue weighted by Crippen LogP contribution is 2.29. The van der Waals surface area contributed by atoms with Gasteiger partial charge >= 0.3 is 0 Å². The summed E-state index contributed by atoms with van der Waals surface area (Å²) >= 11 is 3.18. The largest absolute Gasteiger partial charge is 0.382 e. The fourth-order valence-corrected chi connectivity index (χ4v) is 1.98. The van der Waals surface area contributed by atoms with Crippen molar-refractivity contribution in [2.75, 3.05) is 0 Å². The first kappa shape index (κ1) is 12.1. The maximum Gasteiger partial charge on any atom is 0.132 e. The van der Waals surface area contributed by atoms with Crippen molar-refractivity contribution >= 4 is 15.9 Å². The van der Waals surface area contributed by atoms with E-state index < -0.39 is 23.3 Å². The Morgan fingerprint density at radius 2 is 1.76 bits per heavy atom. The quantitative estimate of drug-likeness (QED) is 0.924. The number of nitrogens with zero attached hydrogens (tertiary/aromatic N) is 1. The van der Waals surface area contributed by atoms with E-state index in [9.17, 15) is 13.9 Å². The number of pyridine rings is 1. The summed E-state index contributed by atoms with van der Waals surface area (Å²) in [5, 5.41) is 9.96. The standard InChI is InChI=1S/C12H8BrF2NO/c13-7-3-2-6-16-11(7)12(17)10-8(14)4-1-5-9(10)15/h1-6,12,17H. The molecule has 1 heterocycles. The Hall–Kier alpha value is -1.33. The van der Waals surface area contributed by atoms with Gasteiger partial charge in [0, 0.05) is 10.7 Å². The minimum Gasteiger partial charge on any atom is -0.382 e. The van der Waals surface area contributed by atoms with Crippen LogP contribution in [0.5, 0.6) is 0 Å². The number of hydrogen-bond donors (Lipinski definition) is 1. The molecule has 1 atom stereocenters. The zero-order chi connectivity index (χ0) is 12.4. The van der Waals surface area contributed by atoms with Gasteiger partial charge in [0.15, 0.2) is 0 Å². The third-order valence-corrected chi connectivity index (χ3v) is 2.99. The van der Waals surface area contributed by atoms with Gasteiger partial charge in [-0.3, -0.25) is 4.98 Å². The predicted octanol–water partition coefficient (Wildman–Crippen LogP) is 3.20. The SMILES string of the molecule is OC(c1ncccc1Br)c1c(F)cccc1F. The summed E-state index contributed by atoms with van der Waals surface area (Å²) in [6, 6.07) is 6.73. The number of benzene rings is 1. The van der Waals surface area contributed by atoms with Crippen LogP contribution in [0, 0.1) is 11.6 Å². The number of rotatable bonds is 2. The van der Waals surface area contributed by atoms with Gasteiger partial charge in [0.25, 0.3) is 0 Å². The molecule has 2 aromatic rings. The van der Waals surface area contributed by atoms with Crippen LogP contribution in [0.25, 0.3) is 0 Å². The lowest BCUT2D eigenvalue weighted by molar-refractivity contribution is 0.203. The van der Waals surface area contributed by atoms with Gasteiger partial charge in [-0.15, -0.1) is 0 Å². The second-order valence-corrected chi connectivity index (χ2v) is 4.26. The van der Waals surface area contributed by atoms with E-state index in [2.05, 4.69) is 20.9 Å². The van der Waals surface area contributed by atoms with Gasteiger partial charge in [0.05, 0.1) is 11.3 Å². The Kier molecular flexibility index (Phi) is 3.49. The Morgan fingerprint density at radius 1 is 1.12 bits per heavy atom. The Morgan fingerprint density at radius 3 is 2.35 bits per heavy atom. The lowest BCUT2D eigenvalue weighted by Gasteiger charge is -2.13. The zero-order valence-corrected chi connectivity index (χ0v) is 10.2. The molecule has 1 aromatic heterocycles. The minimum absolute atomic E-state index is 0.177. The molecule has 2 rings (SSSR count).